The van der Waals surface area contributed by atoms with Gasteiger partial charge in [-0.2, -0.15) is 5.10 Å². The zero-order chi connectivity index (χ0) is 11.5. The summed E-state index contributed by atoms with van der Waals surface area (Å²) in [4.78, 5) is 4.30. The highest BCUT2D eigenvalue weighted by Crippen LogP contribution is 2.19. The fraction of sp³-hybridized carbons (Fsp3) is 0.273. The number of nitrogens with one attached hydrogen (secondary N) is 1. The van der Waals surface area contributed by atoms with Crippen molar-refractivity contribution < 1.29 is 4.74 Å². The normalized spacial score (nSPS) is 12.4. The highest BCUT2D eigenvalue weighted by Gasteiger charge is 2.08. The van der Waals surface area contributed by atoms with E-state index in [0.29, 0.717) is 11.6 Å². The number of nitrogens with zero attached hydrogens (tertiary/aromatic N) is 2. The van der Waals surface area contributed by atoms with Crippen LogP contribution in [0.5, 0.6) is 5.75 Å². The van der Waals surface area contributed by atoms with E-state index >= 15 is 0 Å². The molecule has 0 saturated heterocycles. The quantitative estimate of drug-likeness (QED) is 0.818. The lowest BCUT2D eigenvalue weighted by molar-refractivity contribution is 0.415. The number of ether oxygens (including phenoxy) is 1. The third kappa shape index (κ3) is 2.04. The van der Waals surface area contributed by atoms with E-state index in [1.165, 1.54) is 0 Å². The Bertz CT molecular complexity index is 461. The number of aromatic nitrogens is 3. The molecule has 3 N–H and O–H groups in total. The molecule has 1 unspecified atom stereocenters. The maximum atomic E-state index is 5.70. The first-order valence-electron chi connectivity index (χ1n) is 5.03. The van der Waals surface area contributed by atoms with Crippen LogP contribution in [0.2, 0.25) is 0 Å². The van der Waals surface area contributed by atoms with Crippen molar-refractivity contribution >= 4 is 0 Å². The molecule has 0 saturated carbocycles. The molecule has 0 aliphatic heterocycles. The van der Waals surface area contributed by atoms with Gasteiger partial charge in [0.2, 0.25) is 0 Å². The van der Waals surface area contributed by atoms with Gasteiger partial charge in [-0.05, 0) is 31.2 Å². The van der Waals surface area contributed by atoms with Crippen molar-refractivity contribution in [1.29, 1.82) is 0 Å². The number of nitrogens with two attached hydrogens (primary N) is 1. The lowest BCUT2D eigenvalue weighted by Crippen LogP contribution is -2.06. The predicted octanol–water partition coefficient (Wildman–Crippen LogP) is 1.50. The standard InChI is InChI=1S/C11H14N4O/c1-7(12)10-13-11(15-14-10)8-3-5-9(16-2)6-4-8/h3-7H,12H2,1-2H3,(H,13,14,15). The van der Waals surface area contributed by atoms with Gasteiger partial charge in [0.05, 0.1) is 13.2 Å². The number of hydrogen-bond donors (Lipinski definition) is 2. The number of aromatic amines is 1. The Morgan fingerprint density at radius 3 is 2.50 bits per heavy atom. The molecule has 84 valence electrons. The topological polar surface area (TPSA) is 76.8 Å². The average Bonchev–Trinajstić information content (AvgIpc) is 2.78. The molecule has 1 heterocycles. The first kappa shape index (κ1) is 10.6. The molecule has 0 amide bonds. The van der Waals surface area contributed by atoms with Crippen LogP contribution in [0.25, 0.3) is 11.4 Å². The van der Waals surface area contributed by atoms with Crippen molar-refractivity contribution in [2.45, 2.75) is 13.0 Å². The highest BCUT2D eigenvalue weighted by atomic mass is 16.5. The van der Waals surface area contributed by atoms with Gasteiger partial charge in [-0.1, -0.05) is 0 Å². The van der Waals surface area contributed by atoms with Gasteiger partial charge < -0.3 is 10.5 Å². The summed E-state index contributed by atoms with van der Waals surface area (Å²) in [6, 6.07) is 7.42. The Kier molecular flexibility index (Phi) is 2.87. The molecular weight excluding hydrogens is 204 g/mol. The molecule has 0 aliphatic rings. The zero-order valence-electron chi connectivity index (χ0n) is 9.27. The SMILES string of the molecule is COc1ccc(-c2n[nH]c(C(C)N)n2)cc1. The van der Waals surface area contributed by atoms with E-state index in [-0.39, 0.29) is 6.04 Å². The summed E-state index contributed by atoms with van der Waals surface area (Å²) < 4.78 is 5.08. The molecule has 0 aliphatic carbocycles. The van der Waals surface area contributed by atoms with Crippen LogP contribution in [0.4, 0.5) is 0 Å². The van der Waals surface area contributed by atoms with Crippen molar-refractivity contribution in [3.63, 3.8) is 0 Å². The summed E-state index contributed by atoms with van der Waals surface area (Å²) in [5.41, 5.74) is 6.63. The Labute approximate surface area is 93.7 Å². The van der Waals surface area contributed by atoms with Crippen LogP contribution >= 0.6 is 0 Å². The fourth-order valence-corrected chi connectivity index (χ4v) is 1.35. The van der Waals surface area contributed by atoms with Gasteiger partial charge >= 0.3 is 0 Å². The van der Waals surface area contributed by atoms with E-state index in [1.54, 1.807) is 7.11 Å². The van der Waals surface area contributed by atoms with Crippen LogP contribution in [0.15, 0.2) is 24.3 Å². The third-order valence-electron chi connectivity index (χ3n) is 2.28. The molecule has 2 rings (SSSR count). The maximum Gasteiger partial charge on any atom is 0.181 e. The molecule has 0 fully saturated rings. The summed E-state index contributed by atoms with van der Waals surface area (Å²) in [5.74, 6) is 2.15. The van der Waals surface area contributed by atoms with Crippen molar-refractivity contribution in [2.24, 2.45) is 5.73 Å². The number of H-pyrrole nitrogens is 1. The van der Waals surface area contributed by atoms with Crippen LogP contribution in [0.1, 0.15) is 18.8 Å². The van der Waals surface area contributed by atoms with Crippen LogP contribution in [-0.2, 0) is 0 Å². The van der Waals surface area contributed by atoms with E-state index in [9.17, 15) is 0 Å². The minimum Gasteiger partial charge on any atom is -0.497 e. The van der Waals surface area contributed by atoms with Gasteiger partial charge in [0, 0.05) is 5.56 Å². The number of benzene rings is 1. The number of hydrogen-bond acceptors (Lipinski definition) is 4. The van der Waals surface area contributed by atoms with Crippen molar-refractivity contribution in [3.05, 3.63) is 30.1 Å². The second kappa shape index (κ2) is 4.32. The molecule has 2 aromatic rings. The summed E-state index contributed by atoms with van der Waals surface area (Å²) in [7, 11) is 1.63. The van der Waals surface area contributed by atoms with Crippen LogP contribution < -0.4 is 10.5 Å². The number of rotatable bonds is 3. The molecule has 16 heavy (non-hydrogen) atoms. The summed E-state index contributed by atoms with van der Waals surface area (Å²) in [5, 5.41) is 6.92. The molecule has 1 aromatic carbocycles. The summed E-state index contributed by atoms with van der Waals surface area (Å²) in [6.07, 6.45) is 0. The lowest BCUT2D eigenvalue weighted by atomic mass is 10.2. The molecule has 1 aromatic heterocycles. The van der Waals surface area contributed by atoms with Gasteiger partial charge in [-0.3, -0.25) is 5.10 Å². The van der Waals surface area contributed by atoms with Crippen LogP contribution in [0, 0.1) is 0 Å². The minimum absolute atomic E-state index is 0.139. The van der Waals surface area contributed by atoms with E-state index in [0.717, 1.165) is 11.3 Å². The Morgan fingerprint density at radius 1 is 1.31 bits per heavy atom. The van der Waals surface area contributed by atoms with Gasteiger partial charge in [-0.25, -0.2) is 4.98 Å². The first-order valence-corrected chi connectivity index (χ1v) is 5.03. The second-order valence-electron chi connectivity index (χ2n) is 3.56. The molecular formula is C11H14N4O. The largest absolute Gasteiger partial charge is 0.497 e. The molecule has 0 radical (unpaired) electrons. The van der Waals surface area contributed by atoms with Gasteiger partial charge in [0.1, 0.15) is 11.6 Å². The molecule has 5 nitrogen and oxygen atoms in total. The average molecular weight is 218 g/mol. The number of methoxy groups -OCH3 is 1. The smallest absolute Gasteiger partial charge is 0.181 e. The predicted molar refractivity (Wildman–Crippen MR) is 61.0 cm³/mol. The Morgan fingerprint density at radius 2 is 2.00 bits per heavy atom. The van der Waals surface area contributed by atoms with Gasteiger partial charge in [0.25, 0.3) is 0 Å². The van der Waals surface area contributed by atoms with Crippen molar-refractivity contribution in [3.8, 4) is 17.1 Å². The fourth-order valence-electron chi connectivity index (χ4n) is 1.35. The summed E-state index contributed by atoms with van der Waals surface area (Å²) in [6.45, 7) is 1.86. The third-order valence-corrected chi connectivity index (χ3v) is 2.28. The molecule has 1 atom stereocenters. The Balaban J connectivity index is 2.28. The first-order chi connectivity index (χ1) is 7.70. The zero-order valence-corrected chi connectivity index (χ0v) is 9.27. The maximum absolute atomic E-state index is 5.70. The molecule has 5 heteroatoms. The molecule has 0 spiro atoms. The van der Waals surface area contributed by atoms with Crippen molar-refractivity contribution in [2.75, 3.05) is 7.11 Å². The Hall–Kier alpha value is -1.88. The van der Waals surface area contributed by atoms with E-state index in [2.05, 4.69) is 15.2 Å². The minimum atomic E-state index is -0.139. The monoisotopic (exact) mass is 218 g/mol. The van der Waals surface area contributed by atoms with E-state index in [1.807, 2.05) is 31.2 Å². The van der Waals surface area contributed by atoms with Crippen LogP contribution in [-0.4, -0.2) is 22.3 Å². The van der Waals surface area contributed by atoms with Gasteiger partial charge in [-0.15, -0.1) is 0 Å². The van der Waals surface area contributed by atoms with E-state index < -0.39 is 0 Å². The molecule has 0 bridgehead atoms. The van der Waals surface area contributed by atoms with E-state index in [4.69, 9.17) is 10.5 Å². The highest BCUT2D eigenvalue weighted by molar-refractivity contribution is 5.55. The van der Waals surface area contributed by atoms with Crippen molar-refractivity contribution in [1.82, 2.24) is 15.2 Å². The summed E-state index contributed by atoms with van der Waals surface area (Å²) >= 11 is 0. The lowest BCUT2D eigenvalue weighted by Gasteiger charge is -1.99. The van der Waals surface area contributed by atoms with Gasteiger partial charge in [0.15, 0.2) is 5.82 Å². The van der Waals surface area contributed by atoms with Crippen LogP contribution in [0.3, 0.4) is 0 Å². The second-order valence-corrected chi connectivity index (χ2v) is 3.56.